The zero-order valence-corrected chi connectivity index (χ0v) is 18.0. The second kappa shape index (κ2) is 9.34. The number of benzene rings is 1. The highest BCUT2D eigenvalue weighted by Crippen LogP contribution is 2.22. The summed E-state index contributed by atoms with van der Waals surface area (Å²) < 4.78 is 5.75. The monoisotopic (exact) mass is 417 g/mol. The minimum atomic E-state index is -0.848. The Kier molecular flexibility index (Phi) is 6.81. The van der Waals surface area contributed by atoms with Gasteiger partial charge in [0.25, 0.3) is 5.91 Å². The van der Waals surface area contributed by atoms with Crippen molar-refractivity contribution in [2.45, 2.75) is 51.9 Å². The number of carbonyl (C=O) groups is 2. The Morgan fingerprint density at radius 2 is 2.03 bits per heavy atom. The number of aliphatic imine (C=N–C) groups is 1. The number of imide groups is 1. The number of guanidine groups is 1. The molecule has 0 aliphatic carbocycles. The summed E-state index contributed by atoms with van der Waals surface area (Å²) in [4.78, 5) is 32.3. The molecular weight excluding hydrogens is 386 g/mol. The molecule has 9 nitrogen and oxygen atoms in total. The lowest BCUT2D eigenvalue weighted by Gasteiger charge is -2.35. The number of ether oxygens (including phenoxy) is 1. The maximum absolute atomic E-state index is 12.5. The van der Waals surface area contributed by atoms with E-state index in [1.54, 1.807) is 11.9 Å². The van der Waals surface area contributed by atoms with Crippen molar-refractivity contribution in [2.75, 3.05) is 26.7 Å². The zero-order chi connectivity index (χ0) is 21.8. The largest absolute Gasteiger partial charge is 0.491 e. The molecule has 0 aromatic heterocycles. The van der Waals surface area contributed by atoms with Crippen molar-refractivity contribution in [3.05, 3.63) is 29.3 Å². The van der Waals surface area contributed by atoms with Crippen molar-refractivity contribution in [1.29, 1.82) is 0 Å². The molecule has 3 atom stereocenters. The van der Waals surface area contributed by atoms with E-state index in [9.17, 15) is 14.7 Å². The van der Waals surface area contributed by atoms with E-state index in [1.165, 1.54) is 10.5 Å². The molecule has 30 heavy (non-hydrogen) atoms. The minimum Gasteiger partial charge on any atom is -0.491 e. The first kappa shape index (κ1) is 21.9. The number of β-amino-alcohol motifs (C(OH)–C–C–N with tert-alkyl or cyclic N) is 1. The van der Waals surface area contributed by atoms with Gasteiger partial charge in [-0.25, -0.2) is 4.79 Å². The lowest BCUT2D eigenvalue weighted by atomic mass is 10.1. The molecule has 2 heterocycles. The van der Waals surface area contributed by atoms with Crippen LogP contribution in [0.4, 0.5) is 4.79 Å². The van der Waals surface area contributed by atoms with Crippen molar-refractivity contribution in [1.82, 2.24) is 20.4 Å². The van der Waals surface area contributed by atoms with Gasteiger partial charge in [0, 0.05) is 13.6 Å². The van der Waals surface area contributed by atoms with Gasteiger partial charge in [-0.15, -0.1) is 0 Å². The molecule has 2 aliphatic rings. The van der Waals surface area contributed by atoms with Crippen LogP contribution in [0, 0.1) is 13.8 Å². The maximum atomic E-state index is 12.5. The molecule has 9 heteroatoms. The van der Waals surface area contributed by atoms with Crippen LogP contribution in [0.1, 0.15) is 30.9 Å². The molecule has 2 fully saturated rings. The van der Waals surface area contributed by atoms with E-state index >= 15 is 0 Å². The molecule has 1 aromatic rings. The third-order valence-corrected chi connectivity index (χ3v) is 5.52. The van der Waals surface area contributed by atoms with Gasteiger partial charge >= 0.3 is 6.03 Å². The Hall–Kier alpha value is -2.81. The molecule has 0 saturated carbocycles. The fourth-order valence-electron chi connectivity index (χ4n) is 3.54. The van der Waals surface area contributed by atoms with Gasteiger partial charge in [-0.1, -0.05) is 19.4 Å². The van der Waals surface area contributed by atoms with Gasteiger partial charge in [0.15, 0.2) is 12.0 Å². The Bertz CT molecular complexity index is 828. The molecule has 3 amide bonds. The molecule has 0 bridgehead atoms. The minimum absolute atomic E-state index is 0.0784. The Morgan fingerprint density at radius 1 is 1.27 bits per heavy atom. The van der Waals surface area contributed by atoms with Crippen molar-refractivity contribution < 1.29 is 19.4 Å². The number of unbranched alkanes of at least 4 members (excludes halogenated alkanes) is 1. The number of hydrogen-bond acceptors (Lipinski definition) is 5. The molecular formula is C21H31N5O4. The molecule has 1 aromatic carbocycles. The number of aliphatic hydroxyl groups is 1. The van der Waals surface area contributed by atoms with Gasteiger partial charge in [0.2, 0.25) is 0 Å². The number of nitrogens with zero attached hydrogens (tertiary/aromatic N) is 3. The van der Waals surface area contributed by atoms with Crippen LogP contribution < -0.4 is 15.4 Å². The number of urea groups is 1. The summed E-state index contributed by atoms with van der Waals surface area (Å²) in [5.41, 5.74) is 2.29. The van der Waals surface area contributed by atoms with E-state index < -0.39 is 30.2 Å². The molecule has 3 N–H and O–H groups in total. The highest BCUT2D eigenvalue weighted by atomic mass is 16.5. The van der Waals surface area contributed by atoms with Crippen LogP contribution >= 0.6 is 0 Å². The average Bonchev–Trinajstić information content (AvgIpc) is 3.06. The first-order valence-corrected chi connectivity index (χ1v) is 10.3. The smallest absolute Gasteiger partial charge is 0.325 e. The van der Waals surface area contributed by atoms with Gasteiger partial charge in [-0.05, 0) is 43.5 Å². The van der Waals surface area contributed by atoms with Crippen molar-refractivity contribution in [3.63, 3.8) is 0 Å². The van der Waals surface area contributed by atoms with E-state index in [0.29, 0.717) is 18.3 Å². The molecule has 0 radical (unpaired) electrons. The fourth-order valence-corrected chi connectivity index (χ4v) is 3.54. The number of aliphatic hydroxyl groups excluding tert-OH is 1. The van der Waals surface area contributed by atoms with E-state index in [2.05, 4.69) is 22.5 Å². The van der Waals surface area contributed by atoms with E-state index in [-0.39, 0.29) is 13.2 Å². The summed E-state index contributed by atoms with van der Waals surface area (Å²) >= 11 is 0. The number of rotatable bonds is 8. The number of hydrogen-bond donors (Lipinski definition) is 3. The summed E-state index contributed by atoms with van der Waals surface area (Å²) in [7, 11) is 1.62. The first-order valence-electron chi connectivity index (χ1n) is 10.3. The second-order valence-corrected chi connectivity index (χ2v) is 7.86. The SMILES string of the molecule is CCCCN=C1NC2C(C(=O)NC(=O)N2C)N1CC(O)COc1ccc(C)c(C)c1. The number of carbonyl (C=O) groups excluding carboxylic acids is 2. The van der Waals surface area contributed by atoms with Crippen molar-refractivity contribution in [2.24, 2.45) is 4.99 Å². The molecule has 3 rings (SSSR count). The van der Waals surface area contributed by atoms with Crippen LogP contribution in [0.15, 0.2) is 23.2 Å². The predicted octanol–water partition coefficient (Wildman–Crippen LogP) is 0.981. The van der Waals surface area contributed by atoms with Gasteiger partial charge in [0.1, 0.15) is 24.6 Å². The Morgan fingerprint density at radius 3 is 2.73 bits per heavy atom. The summed E-state index contributed by atoms with van der Waals surface area (Å²) in [5.74, 6) is 0.797. The molecule has 3 unspecified atom stereocenters. The topological polar surface area (TPSA) is 106 Å². The number of likely N-dealkylation sites (N-methyl/N-ethyl adjacent to an activating group) is 1. The lowest BCUT2D eigenvalue weighted by molar-refractivity contribution is -0.127. The van der Waals surface area contributed by atoms with E-state index in [1.807, 2.05) is 32.0 Å². The Balaban J connectivity index is 1.70. The highest BCUT2D eigenvalue weighted by molar-refractivity contribution is 6.04. The summed E-state index contributed by atoms with van der Waals surface area (Å²) in [5, 5.41) is 16.1. The standard InChI is InChI=1S/C21H31N5O4/c1-5-6-9-22-20-23-18-17(19(28)24-21(29)25(18)4)26(20)11-15(27)12-30-16-8-7-13(2)14(3)10-16/h7-8,10,15,17-18,27H,5-6,9,11-12H2,1-4H3,(H,22,23)(H,24,28,29). The van der Waals surface area contributed by atoms with Crippen molar-refractivity contribution >= 4 is 17.9 Å². The van der Waals surface area contributed by atoms with Gasteiger partial charge in [-0.2, -0.15) is 0 Å². The van der Waals surface area contributed by atoms with Crippen LogP contribution in [-0.2, 0) is 4.79 Å². The van der Waals surface area contributed by atoms with Gasteiger partial charge < -0.3 is 25.0 Å². The maximum Gasteiger partial charge on any atom is 0.325 e. The lowest BCUT2D eigenvalue weighted by Crippen LogP contribution is -2.65. The third-order valence-electron chi connectivity index (χ3n) is 5.52. The summed E-state index contributed by atoms with van der Waals surface area (Å²) in [6.45, 7) is 6.94. The van der Waals surface area contributed by atoms with Crippen LogP contribution in [0.3, 0.4) is 0 Å². The highest BCUT2D eigenvalue weighted by Gasteiger charge is 2.50. The number of amides is 3. The van der Waals surface area contributed by atoms with Crippen molar-refractivity contribution in [3.8, 4) is 5.75 Å². The molecule has 2 saturated heterocycles. The van der Waals surface area contributed by atoms with Crippen LogP contribution in [0.5, 0.6) is 5.75 Å². The van der Waals surface area contributed by atoms with E-state index in [0.717, 1.165) is 18.4 Å². The Labute approximate surface area is 177 Å². The summed E-state index contributed by atoms with van der Waals surface area (Å²) in [6, 6.07) is 4.66. The zero-order valence-electron chi connectivity index (χ0n) is 18.0. The molecule has 0 spiro atoms. The van der Waals surface area contributed by atoms with Crippen LogP contribution in [-0.4, -0.2) is 77.9 Å². The predicted molar refractivity (Wildman–Crippen MR) is 113 cm³/mol. The second-order valence-electron chi connectivity index (χ2n) is 7.86. The fraction of sp³-hybridized carbons (Fsp3) is 0.571. The number of nitrogens with one attached hydrogen (secondary N) is 2. The van der Waals surface area contributed by atoms with Gasteiger partial charge in [0.05, 0.1) is 6.54 Å². The normalized spacial score (nSPS) is 23.3. The van der Waals surface area contributed by atoms with Crippen LogP contribution in [0.2, 0.25) is 0 Å². The average molecular weight is 418 g/mol. The molecule has 2 aliphatic heterocycles. The number of fused-ring (bicyclic) bond motifs is 1. The third kappa shape index (κ3) is 4.67. The summed E-state index contributed by atoms with van der Waals surface area (Å²) in [6.07, 6.45) is 0.529. The number of aryl methyl sites for hydroxylation is 2. The first-order chi connectivity index (χ1) is 14.3. The van der Waals surface area contributed by atoms with Gasteiger partial charge in [-0.3, -0.25) is 15.1 Å². The quantitative estimate of drug-likeness (QED) is 0.545. The molecule has 164 valence electrons. The van der Waals surface area contributed by atoms with E-state index in [4.69, 9.17) is 4.74 Å². The van der Waals surface area contributed by atoms with Crippen LogP contribution in [0.25, 0.3) is 0 Å².